The van der Waals surface area contributed by atoms with E-state index >= 15 is 0 Å². The van der Waals surface area contributed by atoms with Gasteiger partial charge in [0.15, 0.2) is 0 Å². The van der Waals surface area contributed by atoms with Gasteiger partial charge in [-0.15, -0.1) is 0 Å². The predicted octanol–water partition coefficient (Wildman–Crippen LogP) is 5.12. The average molecular weight is 412 g/mol. The van der Waals surface area contributed by atoms with Gasteiger partial charge in [0.1, 0.15) is 5.82 Å². The minimum absolute atomic E-state index is 0.135. The van der Waals surface area contributed by atoms with Crippen molar-refractivity contribution in [2.45, 2.75) is 32.9 Å². The third kappa shape index (κ3) is 5.26. The molecule has 0 amide bonds. The van der Waals surface area contributed by atoms with E-state index in [0.29, 0.717) is 12.5 Å². The molecule has 0 aliphatic heterocycles. The van der Waals surface area contributed by atoms with E-state index in [-0.39, 0.29) is 5.54 Å². The van der Waals surface area contributed by atoms with Crippen LogP contribution in [0.3, 0.4) is 0 Å². The zero-order valence-electron chi connectivity index (χ0n) is 15.1. The van der Waals surface area contributed by atoms with Gasteiger partial charge in [-0.25, -0.2) is 4.98 Å². The summed E-state index contributed by atoms with van der Waals surface area (Å²) in [4.78, 5) is 13.6. The lowest BCUT2D eigenvalue weighted by molar-refractivity contribution is 0.626. The molecule has 0 aliphatic carbocycles. The van der Waals surface area contributed by atoms with Crippen LogP contribution in [0.4, 0.5) is 11.8 Å². The van der Waals surface area contributed by atoms with Crippen molar-refractivity contribution in [3.8, 4) is 11.4 Å². The van der Waals surface area contributed by atoms with Gasteiger partial charge in [-0.05, 0) is 50.6 Å². The summed E-state index contributed by atoms with van der Waals surface area (Å²) in [6.07, 6.45) is 1.77. The molecular formula is C20H22BrN5. The Morgan fingerprint density at radius 1 is 0.962 bits per heavy atom. The van der Waals surface area contributed by atoms with Crippen molar-refractivity contribution in [3.05, 3.63) is 64.8 Å². The maximum absolute atomic E-state index is 4.63. The fraction of sp³-hybridized carbons (Fsp3) is 0.250. The predicted molar refractivity (Wildman–Crippen MR) is 110 cm³/mol. The van der Waals surface area contributed by atoms with Gasteiger partial charge in [0.25, 0.3) is 0 Å². The first-order valence-electron chi connectivity index (χ1n) is 8.46. The van der Waals surface area contributed by atoms with Gasteiger partial charge in [-0.1, -0.05) is 34.1 Å². The summed E-state index contributed by atoms with van der Waals surface area (Å²) in [6, 6.07) is 15.9. The van der Waals surface area contributed by atoms with Crippen molar-refractivity contribution in [2.24, 2.45) is 0 Å². The Morgan fingerprint density at radius 2 is 1.81 bits per heavy atom. The van der Waals surface area contributed by atoms with Gasteiger partial charge in [0, 0.05) is 28.8 Å². The number of aromatic nitrogens is 3. The largest absolute Gasteiger partial charge is 0.366 e. The molecule has 134 valence electrons. The first kappa shape index (κ1) is 18.3. The number of rotatable bonds is 5. The van der Waals surface area contributed by atoms with Crippen molar-refractivity contribution in [2.75, 3.05) is 10.6 Å². The minimum atomic E-state index is -0.135. The topological polar surface area (TPSA) is 62.7 Å². The van der Waals surface area contributed by atoms with Crippen LogP contribution in [0.25, 0.3) is 11.4 Å². The standard InChI is InChI=1S/C20H22BrN5/c1-20(2,3)26-19-24-17(16-9-4-5-10-22-16)12-18(25-19)23-13-14-7-6-8-15(21)11-14/h4-12H,13H2,1-3H3,(H2,23,24,25,26). The average Bonchev–Trinajstić information content (AvgIpc) is 2.59. The van der Waals surface area contributed by atoms with E-state index in [0.717, 1.165) is 21.7 Å². The number of benzene rings is 1. The number of hydrogen-bond donors (Lipinski definition) is 2. The summed E-state index contributed by atoms with van der Waals surface area (Å²) in [5, 5.41) is 6.73. The Balaban J connectivity index is 1.89. The normalized spacial score (nSPS) is 11.2. The van der Waals surface area contributed by atoms with Crippen molar-refractivity contribution < 1.29 is 0 Å². The molecule has 5 nitrogen and oxygen atoms in total. The van der Waals surface area contributed by atoms with Gasteiger partial charge in [0.05, 0.1) is 11.4 Å². The fourth-order valence-electron chi connectivity index (χ4n) is 2.41. The molecule has 26 heavy (non-hydrogen) atoms. The van der Waals surface area contributed by atoms with Crippen LogP contribution in [0.5, 0.6) is 0 Å². The van der Waals surface area contributed by atoms with Crippen LogP contribution in [0.15, 0.2) is 59.2 Å². The molecule has 0 fully saturated rings. The number of hydrogen-bond acceptors (Lipinski definition) is 5. The summed E-state index contributed by atoms with van der Waals surface area (Å²) in [5.41, 5.74) is 2.63. The maximum Gasteiger partial charge on any atom is 0.225 e. The van der Waals surface area contributed by atoms with Gasteiger partial charge in [-0.2, -0.15) is 4.98 Å². The van der Waals surface area contributed by atoms with E-state index in [2.05, 4.69) is 74.4 Å². The summed E-state index contributed by atoms with van der Waals surface area (Å²) in [7, 11) is 0. The third-order valence-electron chi connectivity index (χ3n) is 3.50. The molecule has 3 aromatic rings. The summed E-state index contributed by atoms with van der Waals surface area (Å²) in [5.74, 6) is 1.34. The van der Waals surface area contributed by atoms with Crippen LogP contribution in [0, 0.1) is 0 Å². The van der Waals surface area contributed by atoms with E-state index < -0.39 is 0 Å². The van der Waals surface area contributed by atoms with Gasteiger partial charge >= 0.3 is 0 Å². The third-order valence-corrected chi connectivity index (χ3v) is 4.00. The van der Waals surface area contributed by atoms with Crippen molar-refractivity contribution in [3.63, 3.8) is 0 Å². The van der Waals surface area contributed by atoms with Crippen LogP contribution in [-0.4, -0.2) is 20.5 Å². The highest BCUT2D eigenvalue weighted by Crippen LogP contribution is 2.22. The Kier molecular flexibility index (Phi) is 5.52. The highest BCUT2D eigenvalue weighted by molar-refractivity contribution is 9.10. The van der Waals surface area contributed by atoms with E-state index in [9.17, 15) is 0 Å². The minimum Gasteiger partial charge on any atom is -0.366 e. The van der Waals surface area contributed by atoms with Crippen molar-refractivity contribution >= 4 is 27.7 Å². The Hall–Kier alpha value is -2.47. The molecular weight excluding hydrogens is 390 g/mol. The second-order valence-corrected chi connectivity index (χ2v) is 7.95. The van der Waals surface area contributed by atoms with Crippen LogP contribution in [-0.2, 0) is 6.54 Å². The van der Waals surface area contributed by atoms with E-state index in [4.69, 9.17) is 0 Å². The number of anilines is 2. The zero-order chi connectivity index (χ0) is 18.6. The molecule has 2 heterocycles. The lowest BCUT2D eigenvalue weighted by Crippen LogP contribution is -2.27. The van der Waals surface area contributed by atoms with Crippen molar-refractivity contribution in [1.29, 1.82) is 0 Å². The number of nitrogens with one attached hydrogen (secondary N) is 2. The first-order valence-corrected chi connectivity index (χ1v) is 9.25. The molecule has 1 aromatic carbocycles. The highest BCUT2D eigenvalue weighted by atomic mass is 79.9. The molecule has 0 bridgehead atoms. The Labute approximate surface area is 162 Å². The van der Waals surface area contributed by atoms with E-state index in [1.54, 1.807) is 6.20 Å². The summed E-state index contributed by atoms with van der Waals surface area (Å²) >= 11 is 3.50. The fourth-order valence-corrected chi connectivity index (χ4v) is 2.86. The second-order valence-electron chi connectivity index (χ2n) is 7.04. The molecule has 3 rings (SSSR count). The molecule has 6 heteroatoms. The quantitative estimate of drug-likeness (QED) is 0.609. The summed E-state index contributed by atoms with van der Waals surface area (Å²) < 4.78 is 1.06. The lowest BCUT2D eigenvalue weighted by Gasteiger charge is -2.21. The van der Waals surface area contributed by atoms with Gasteiger partial charge < -0.3 is 10.6 Å². The Bertz CT molecular complexity index is 875. The second kappa shape index (κ2) is 7.83. The monoisotopic (exact) mass is 411 g/mol. The SMILES string of the molecule is CC(C)(C)Nc1nc(NCc2cccc(Br)c2)cc(-c2ccccn2)n1. The number of pyridine rings is 1. The molecule has 0 saturated carbocycles. The lowest BCUT2D eigenvalue weighted by atomic mass is 10.1. The molecule has 0 saturated heterocycles. The first-order chi connectivity index (χ1) is 12.4. The molecule has 0 atom stereocenters. The van der Waals surface area contributed by atoms with Crippen molar-refractivity contribution in [1.82, 2.24) is 15.0 Å². The zero-order valence-corrected chi connectivity index (χ0v) is 16.7. The molecule has 0 radical (unpaired) electrons. The number of nitrogens with zero attached hydrogens (tertiary/aromatic N) is 3. The molecule has 0 aliphatic rings. The van der Waals surface area contributed by atoms with Gasteiger partial charge in [0.2, 0.25) is 5.95 Å². The highest BCUT2D eigenvalue weighted by Gasteiger charge is 2.14. The summed E-state index contributed by atoms with van der Waals surface area (Å²) in [6.45, 7) is 6.92. The van der Waals surface area contributed by atoms with E-state index in [1.165, 1.54) is 5.56 Å². The molecule has 0 unspecified atom stereocenters. The molecule has 2 N–H and O–H groups in total. The molecule has 0 spiro atoms. The van der Waals surface area contributed by atoms with E-state index in [1.807, 2.05) is 36.4 Å². The molecule has 2 aromatic heterocycles. The maximum atomic E-state index is 4.63. The smallest absolute Gasteiger partial charge is 0.225 e. The van der Waals surface area contributed by atoms with Crippen LogP contribution < -0.4 is 10.6 Å². The van der Waals surface area contributed by atoms with Crippen LogP contribution in [0.2, 0.25) is 0 Å². The van der Waals surface area contributed by atoms with Crippen LogP contribution in [0.1, 0.15) is 26.3 Å². The van der Waals surface area contributed by atoms with Gasteiger partial charge in [-0.3, -0.25) is 4.98 Å². The Morgan fingerprint density at radius 3 is 2.50 bits per heavy atom. The number of halogens is 1. The van der Waals surface area contributed by atoms with Crippen LogP contribution >= 0.6 is 15.9 Å².